The molecule has 176 valence electrons. The van der Waals surface area contributed by atoms with Gasteiger partial charge in [-0.05, 0) is 12.8 Å². The van der Waals surface area contributed by atoms with Gasteiger partial charge >= 0.3 is 15.5 Å². The number of sulfonamides is 1. The minimum absolute atomic E-state index is 0. The molecule has 0 aliphatic carbocycles. The normalized spacial score (nSPS) is 20.6. The number of halogens is 4. The maximum atomic E-state index is 12.6. The second kappa shape index (κ2) is 11.7. The topological polar surface area (TPSA) is 97.3 Å². The molecule has 2 aliphatic rings. The molecule has 0 radical (unpaired) electrons. The van der Waals surface area contributed by atoms with Crippen LogP contribution >= 0.6 is 24.0 Å². The van der Waals surface area contributed by atoms with Crippen molar-refractivity contribution in [3.63, 3.8) is 0 Å². The number of hydrogen-bond acceptors (Lipinski definition) is 5. The first kappa shape index (κ1) is 27.2. The van der Waals surface area contributed by atoms with E-state index in [1.165, 1.54) is 0 Å². The minimum atomic E-state index is -5.26. The number of alkyl halides is 3. The van der Waals surface area contributed by atoms with Crippen LogP contribution in [0.15, 0.2) is 4.99 Å². The molecule has 0 atom stereocenters. The van der Waals surface area contributed by atoms with Gasteiger partial charge in [0.2, 0.25) is 5.91 Å². The van der Waals surface area contributed by atoms with Crippen molar-refractivity contribution in [2.45, 2.75) is 31.3 Å². The number of nitrogens with zero attached hydrogens (tertiary/aromatic N) is 4. The van der Waals surface area contributed by atoms with Crippen molar-refractivity contribution in [3.8, 4) is 0 Å². The highest BCUT2D eigenvalue weighted by Gasteiger charge is 2.50. The molecule has 2 rings (SSSR count). The molecule has 2 N–H and O–H groups in total. The van der Waals surface area contributed by atoms with Crippen LogP contribution in [0.5, 0.6) is 0 Å². The Morgan fingerprint density at radius 1 is 1.10 bits per heavy atom. The quantitative estimate of drug-likeness (QED) is 0.280. The van der Waals surface area contributed by atoms with E-state index in [1.807, 2.05) is 4.90 Å². The van der Waals surface area contributed by atoms with E-state index in [1.54, 1.807) is 14.0 Å². The highest BCUT2D eigenvalue weighted by molar-refractivity contribution is 14.0. The molecule has 0 saturated carbocycles. The van der Waals surface area contributed by atoms with Gasteiger partial charge in [-0.2, -0.15) is 17.5 Å². The molecule has 0 aromatic carbocycles. The van der Waals surface area contributed by atoms with E-state index < -0.39 is 15.5 Å². The summed E-state index contributed by atoms with van der Waals surface area (Å²) in [5.74, 6) is 0.617. The predicted octanol–water partition coefficient (Wildman–Crippen LogP) is 0.248. The van der Waals surface area contributed by atoms with Gasteiger partial charge < -0.3 is 15.5 Å². The van der Waals surface area contributed by atoms with Crippen molar-refractivity contribution < 1.29 is 26.4 Å². The van der Waals surface area contributed by atoms with Crippen LogP contribution in [0, 0.1) is 0 Å². The predicted molar refractivity (Wildman–Crippen MR) is 118 cm³/mol. The fourth-order valence-electron chi connectivity index (χ4n) is 3.39. The van der Waals surface area contributed by atoms with Crippen LogP contribution in [0.3, 0.4) is 0 Å². The molecule has 0 aromatic rings. The number of piperidine rings is 1. The second-order valence-corrected chi connectivity index (χ2v) is 9.04. The third-order valence-electron chi connectivity index (χ3n) is 5.19. The van der Waals surface area contributed by atoms with E-state index in [0.717, 1.165) is 19.6 Å². The fraction of sp³-hybridized carbons (Fsp3) is 0.875. The van der Waals surface area contributed by atoms with Gasteiger partial charge in [-0.3, -0.25) is 14.7 Å². The molecule has 0 bridgehead atoms. The zero-order chi connectivity index (χ0) is 21.7. The Hall–Kier alpha value is -0.870. The van der Waals surface area contributed by atoms with E-state index in [-0.39, 0.29) is 61.9 Å². The van der Waals surface area contributed by atoms with Gasteiger partial charge in [0.15, 0.2) is 5.96 Å². The van der Waals surface area contributed by atoms with Crippen LogP contribution in [0.1, 0.15) is 19.8 Å². The van der Waals surface area contributed by atoms with E-state index in [4.69, 9.17) is 0 Å². The smallest absolute Gasteiger partial charge is 0.355 e. The molecule has 14 heteroatoms. The number of carbonyl (C=O) groups excluding carboxylic acids is 1. The van der Waals surface area contributed by atoms with Crippen molar-refractivity contribution in [1.29, 1.82) is 0 Å². The first-order chi connectivity index (χ1) is 13.5. The summed E-state index contributed by atoms with van der Waals surface area (Å²) in [6, 6.07) is -0.153. The molecular weight excluding hydrogens is 540 g/mol. The summed E-state index contributed by atoms with van der Waals surface area (Å²) in [4.78, 5) is 19.5. The summed E-state index contributed by atoms with van der Waals surface area (Å²) < 4.78 is 61.3. The lowest BCUT2D eigenvalue weighted by Gasteiger charge is -2.34. The van der Waals surface area contributed by atoms with Gasteiger partial charge in [-0.25, -0.2) is 8.42 Å². The fourth-order valence-corrected chi connectivity index (χ4v) is 4.38. The van der Waals surface area contributed by atoms with E-state index in [0.29, 0.717) is 29.9 Å². The zero-order valence-electron chi connectivity index (χ0n) is 17.1. The van der Waals surface area contributed by atoms with E-state index >= 15 is 0 Å². The zero-order valence-corrected chi connectivity index (χ0v) is 20.3. The number of aliphatic imine (C=N–C) groups is 1. The summed E-state index contributed by atoms with van der Waals surface area (Å²) in [5.41, 5.74) is -5.26. The molecule has 0 aromatic heterocycles. The van der Waals surface area contributed by atoms with Crippen LogP contribution in [0.2, 0.25) is 0 Å². The Morgan fingerprint density at radius 2 is 1.67 bits per heavy atom. The molecule has 30 heavy (non-hydrogen) atoms. The van der Waals surface area contributed by atoms with Gasteiger partial charge in [0.1, 0.15) is 0 Å². The van der Waals surface area contributed by atoms with Crippen molar-refractivity contribution in [2.24, 2.45) is 4.99 Å². The first-order valence-corrected chi connectivity index (χ1v) is 11.0. The molecule has 2 saturated heterocycles. The number of rotatable bonds is 5. The molecule has 1 amide bonds. The summed E-state index contributed by atoms with van der Waals surface area (Å²) in [6.07, 6.45) is 0.534. The van der Waals surface area contributed by atoms with Crippen LogP contribution < -0.4 is 10.6 Å². The Morgan fingerprint density at radius 3 is 2.13 bits per heavy atom. The Bertz CT molecular complexity index is 691. The van der Waals surface area contributed by atoms with Gasteiger partial charge in [-0.1, -0.05) is 0 Å². The summed E-state index contributed by atoms with van der Waals surface area (Å²) in [7, 11) is -3.66. The second-order valence-electron chi connectivity index (χ2n) is 7.12. The van der Waals surface area contributed by atoms with Crippen LogP contribution in [-0.2, 0) is 14.8 Å². The monoisotopic (exact) mass is 570 g/mol. The number of hydrogen-bond donors (Lipinski definition) is 2. The maximum Gasteiger partial charge on any atom is 0.511 e. The summed E-state index contributed by atoms with van der Waals surface area (Å²) in [6.45, 7) is 5.63. The Balaban J connectivity index is 0.00000450. The van der Waals surface area contributed by atoms with E-state index in [2.05, 4.69) is 20.5 Å². The lowest BCUT2D eigenvalue weighted by Crippen LogP contribution is -2.53. The van der Waals surface area contributed by atoms with Crippen molar-refractivity contribution in [3.05, 3.63) is 0 Å². The first-order valence-electron chi connectivity index (χ1n) is 9.56. The molecule has 2 fully saturated rings. The summed E-state index contributed by atoms with van der Waals surface area (Å²) in [5, 5.41) is 6.31. The van der Waals surface area contributed by atoms with Gasteiger partial charge in [0, 0.05) is 72.4 Å². The molecule has 2 aliphatic heterocycles. The van der Waals surface area contributed by atoms with Crippen LogP contribution in [-0.4, -0.2) is 105 Å². The molecule has 0 spiro atoms. The number of carbonyl (C=O) groups is 1. The number of guanidine groups is 1. The van der Waals surface area contributed by atoms with Gasteiger partial charge in [0.05, 0.1) is 0 Å². The minimum Gasteiger partial charge on any atom is -0.355 e. The lowest BCUT2D eigenvalue weighted by atomic mass is 10.1. The van der Waals surface area contributed by atoms with Gasteiger partial charge in [0.25, 0.3) is 0 Å². The lowest BCUT2D eigenvalue weighted by molar-refractivity contribution is -0.130. The third kappa shape index (κ3) is 7.37. The molecular formula is C16H30F3IN6O3S. The largest absolute Gasteiger partial charge is 0.511 e. The van der Waals surface area contributed by atoms with Crippen molar-refractivity contribution in [2.75, 3.05) is 59.4 Å². The number of nitrogens with one attached hydrogen (secondary N) is 2. The molecule has 2 heterocycles. The van der Waals surface area contributed by atoms with Crippen molar-refractivity contribution >= 4 is 45.9 Å². The van der Waals surface area contributed by atoms with Crippen LogP contribution in [0.4, 0.5) is 13.2 Å². The average Bonchev–Trinajstić information content (AvgIpc) is 2.67. The highest BCUT2D eigenvalue weighted by atomic mass is 127. The van der Waals surface area contributed by atoms with E-state index in [9.17, 15) is 26.4 Å². The molecule has 9 nitrogen and oxygen atoms in total. The molecule has 0 unspecified atom stereocenters. The maximum absolute atomic E-state index is 12.6. The van der Waals surface area contributed by atoms with Gasteiger partial charge in [-0.15, -0.1) is 24.0 Å². The average molecular weight is 570 g/mol. The standard InChI is InChI=1S/C16H29F3N6O3S.HI/c1-13(26)24-11-9-23(10-12-24)8-5-21-15(20-2)22-14-3-6-25(7-4-14)29(27,28)16(17,18)19;/h14H,3-12H2,1-2H3,(H2,20,21,22);1H. The SMILES string of the molecule is CN=C(NCCN1CCN(C(C)=O)CC1)NC1CCN(S(=O)(=O)C(F)(F)F)CC1.I. The Kier molecular flexibility index (Phi) is 10.6. The number of amides is 1. The summed E-state index contributed by atoms with van der Waals surface area (Å²) >= 11 is 0. The van der Waals surface area contributed by atoms with Crippen LogP contribution in [0.25, 0.3) is 0 Å². The Labute approximate surface area is 192 Å². The third-order valence-corrected chi connectivity index (χ3v) is 6.82. The number of piperazine rings is 1. The highest BCUT2D eigenvalue weighted by Crippen LogP contribution is 2.28. The van der Waals surface area contributed by atoms with Crippen molar-refractivity contribution in [1.82, 2.24) is 24.7 Å².